The molecule has 0 radical (unpaired) electrons. The lowest BCUT2D eigenvalue weighted by Gasteiger charge is -2.06. The average Bonchev–Trinajstić information content (AvgIpc) is 3.19. The van der Waals surface area contributed by atoms with Gasteiger partial charge in [-0.15, -0.1) is 11.3 Å². The number of nitrogens with one attached hydrogen (secondary N) is 1. The number of rotatable bonds is 8. The van der Waals surface area contributed by atoms with Crippen LogP contribution in [0.25, 0.3) is 11.3 Å². The Morgan fingerprint density at radius 1 is 0.909 bits per heavy atom. The van der Waals surface area contributed by atoms with Crippen molar-refractivity contribution in [2.75, 3.05) is 5.32 Å². The molecule has 4 rings (SSSR count). The molecule has 0 atom stereocenters. The van der Waals surface area contributed by atoms with Crippen LogP contribution in [0.1, 0.15) is 28.1 Å². The molecule has 3 aromatic carbocycles. The van der Waals surface area contributed by atoms with Crippen LogP contribution in [0.4, 0.5) is 5.13 Å². The molecule has 33 heavy (non-hydrogen) atoms. The molecule has 4 aromatic rings. The molecule has 7 heteroatoms. The smallest absolute Gasteiger partial charge is 0.226 e. The Bertz CT molecular complexity index is 1250. The van der Waals surface area contributed by atoms with E-state index in [9.17, 15) is 9.59 Å². The van der Waals surface area contributed by atoms with E-state index in [1.165, 1.54) is 11.3 Å². The monoisotopic (exact) mass is 476 g/mol. The Kier molecular flexibility index (Phi) is 7.17. The van der Waals surface area contributed by atoms with Crippen LogP contribution in [-0.4, -0.2) is 16.7 Å². The van der Waals surface area contributed by atoms with Crippen molar-refractivity contribution in [3.8, 4) is 22.8 Å². The Hall–Kier alpha value is -3.48. The van der Waals surface area contributed by atoms with E-state index in [4.69, 9.17) is 16.3 Å². The van der Waals surface area contributed by atoms with Gasteiger partial charge < -0.3 is 10.1 Å². The van der Waals surface area contributed by atoms with Gasteiger partial charge in [0.1, 0.15) is 11.5 Å². The number of carbonyl (C=O) groups is 2. The van der Waals surface area contributed by atoms with Gasteiger partial charge in [0.25, 0.3) is 0 Å². The number of aryl methyl sites for hydroxylation is 1. The number of para-hydroxylation sites is 1. The number of nitrogens with zero attached hydrogens (tertiary/aromatic N) is 1. The predicted octanol–water partition coefficient (Wildman–Crippen LogP) is 7.17. The average molecular weight is 477 g/mol. The zero-order valence-electron chi connectivity index (χ0n) is 17.9. The topological polar surface area (TPSA) is 68.3 Å². The number of ketones is 1. The van der Waals surface area contributed by atoms with Gasteiger partial charge in [0, 0.05) is 33.9 Å². The zero-order valence-corrected chi connectivity index (χ0v) is 19.5. The molecule has 5 nitrogen and oxygen atoms in total. The number of amides is 1. The molecule has 0 bridgehead atoms. The Morgan fingerprint density at radius 3 is 2.27 bits per heavy atom. The summed E-state index contributed by atoms with van der Waals surface area (Å²) in [6, 6.07) is 23.7. The number of Topliss-reactive ketones (excluding diaryl/α,β-unsaturated/α-hetero) is 1. The van der Waals surface area contributed by atoms with Crippen LogP contribution in [0.5, 0.6) is 11.5 Å². The van der Waals surface area contributed by atoms with Gasteiger partial charge in [0.15, 0.2) is 10.9 Å². The Balaban J connectivity index is 1.30. The molecule has 1 heterocycles. The fourth-order valence-corrected chi connectivity index (χ4v) is 4.19. The number of carbonyl (C=O) groups excluding carboxylic acids is 2. The number of hydrogen-bond acceptors (Lipinski definition) is 5. The third-order valence-corrected chi connectivity index (χ3v) is 6.03. The maximum absolute atomic E-state index is 12.5. The molecular formula is C26H21ClN2O3S. The highest BCUT2D eigenvalue weighted by atomic mass is 35.5. The number of ether oxygens (including phenoxy) is 1. The quantitative estimate of drug-likeness (QED) is 0.274. The lowest BCUT2D eigenvalue weighted by Crippen LogP contribution is -2.13. The minimum atomic E-state index is -0.246. The summed E-state index contributed by atoms with van der Waals surface area (Å²) in [6.07, 6.45) is 0.190. The van der Waals surface area contributed by atoms with Crippen LogP contribution in [0.3, 0.4) is 0 Å². The van der Waals surface area contributed by atoms with Gasteiger partial charge >= 0.3 is 0 Å². The fourth-order valence-electron chi connectivity index (χ4n) is 3.21. The minimum Gasteiger partial charge on any atom is -0.457 e. The van der Waals surface area contributed by atoms with Crippen molar-refractivity contribution in [2.45, 2.75) is 19.8 Å². The van der Waals surface area contributed by atoms with Crippen LogP contribution in [0.2, 0.25) is 5.02 Å². The van der Waals surface area contributed by atoms with Crippen LogP contribution in [0.15, 0.2) is 78.9 Å². The number of hydrogen-bond donors (Lipinski definition) is 1. The summed E-state index contributed by atoms with van der Waals surface area (Å²) in [4.78, 5) is 30.4. The van der Waals surface area contributed by atoms with Gasteiger partial charge in [-0.1, -0.05) is 41.9 Å². The van der Waals surface area contributed by atoms with Crippen molar-refractivity contribution >= 4 is 39.8 Å². The van der Waals surface area contributed by atoms with Crippen LogP contribution < -0.4 is 10.1 Å². The van der Waals surface area contributed by atoms with Gasteiger partial charge in [0.2, 0.25) is 5.91 Å². The summed E-state index contributed by atoms with van der Waals surface area (Å²) in [5, 5.41) is 3.96. The second-order valence-electron chi connectivity index (χ2n) is 7.34. The molecule has 166 valence electrons. The number of halogens is 1. The molecular weight excluding hydrogens is 456 g/mol. The summed E-state index contributed by atoms with van der Waals surface area (Å²) in [6.45, 7) is 1.95. The second kappa shape index (κ2) is 10.4. The molecule has 1 N–H and O–H groups in total. The lowest BCUT2D eigenvalue weighted by molar-refractivity contribution is -0.116. The van der Waals surface area contributed by atoms with E-state index in [2.05, 4.69) is 10.3 Å². The van der Waals surface area contributed by atoms with Gasteiger partial charge in [-0.25, -0.2) is 4.98 Å². The van der Waals surface area contributed by atoms with E-state index >= 15 is 0 Å². The van der Waals surface area contributed by atoms with E-state index in [1.807, 2.05) is 49.4 Å². The van der Waals surface area contributed by atoms with Crippen molar-refractivity contribution in [1.29, 1.82) is 0 Å². The molecule has 0 saturated carbocycles. The van der Waals surface area contributed by atoms with E-state index < -0.39 is 0 Å². The molecule has 0 saturated heterocycles. The third-order valence-electron chi connectivity index (χ3n) is 4.89. The fraction of sp³-hybridized carbons (Fsp3) is 0.115. The van der Waals surface area contributed by atoms with Crippen molar-refractivity contribution in [3.05, 3.63) is 94.3 Å². The number of anilines is 1. The zero-order chi connectivity index (χ0) is 23.2. The van der Waals surface area contributed by atoms with E-state index in [0.717, 1.165) is 21.9 Å². The van der Waals surface area contributed by atoms with E-state index in [0.29, 0.717) is 21.5 Å². The largest absolute Gasteiger partial charge is 0.457 e. The Labute approximate surface area is 201 Å². The predicted molar refractivity (Wildman–Crippen MR) is 132 cm³/mol. The lowest BCUT2D eigenvalue weighted by atomic mass is 10.1. The number of benzene rings is 3. The third kappa shape index (κ3) is 6.06. The molecule has 0 unspecified atom stereocenters. The van der Waals surface area contributed by atoms with Gasteiger partial charge in [0.05, 0.1) is 5.69 Å². The highest BCUT2D eigenvalue weighted by Gasteiger charge is 2.14. The highest BCUT2D eigenvalue weighted by molar-refractivity contribution is 7.16. The van der Waals surface area contributed by atoms with E-state index in [1.54, 1.807) is 36.4 Å². The van der Waals surface area contributed by atoms with Gasteiger partial charge in [-0.05, 0) is 55.5 Å². The Morgan fingerprint density at radius 2 is 1.58 bits per heavy atom. The first-order valence-corrected chi connectivity index (χ1v) is 11.6. The van der Waals surface area contributed by atoms with Crippen LogP contribution in [0, 0.1) is 6.92 Å². The highest BCUT2D eigenvalue weighted by Crippen LogP contribution is 2.31. The maximum Gasteiger partial charge on any atom is 0.226 e. The molecule has 0 spiro atoms. The second-order valence-corrected chi connectivity index (χ2v) is 8.98. The first-order chi connectivity index (χ1) is 16.0. The standard InChI is InChI=1S/C26H21ClN2O3S/c1-17-25(19-7-11-20(27)12-8-19)29-26(33-17)28-24(31)16-15-23(30)18-9-13-22(14-10-18)32-21-5-3-2-4-6-21/h2-14H,15-16H2,1H3,(H,28,29,31). The summed E-state index contributed by atoms with van der Waals surface area (Å²) in [7, 11) is 0. The van der Waals surface area contributed by atoms with E-state index in [-0.39, 0.29) is 24.5 Å². The minimum absolute atomic E-state index is 0.0794. The summed E-state index contributed by atoms with van der Waals surface area (Å²) in [5.74, 6) is 1.02. The molecule has 1 aromatic heterocycles. The van der Waals surface area contributed by atoms with Gasteiger partial charge in [-0.2, -0.15) is 0 Å². The number of aromatic nitrogens is 1. The van der Waals surface area contributed by atoms with Crippen molar-refractivity contribution in [2.24, 2.45) is 0 Å². The maximum atomic E-state index is 12.5. The summed E-state index contributed by atoms with van der Waals surface area (Å²) >= 11 is 7.35. The summed E-state index contributed by atoms with van der Waals surface area (Å²) in [5.41, 5.74) is 2.28. The van der Waals surface area contributed by atoms with Crippen molar-refractivity contribution in [1.82, 2.24) is 4.98 Å². The molecule has 0 aliphatic carbocycles. The molecule has 0 aliphatic rings. The first kappa shape index (κ1) is 22.7. The molecule has 1 amide bonds. The summed E-state index contributed by atoms with van der Waals surface area (Å²) < 4.78 is 5.74. The SMILES string of the molecule is Cc1sc(NC(=O)CCC(=O)c2ccc(Oc3ccccc3)cc2)nc1-c1ccc(Cl)cc1. The van der Waals surface area contributed by atoms with Crippen molar-refractivity contribution < 1.29 is 14.3 Å². The first-order valence-electron chi connectivity index (χ1n) is 10.4. The van der Waals surface area contributed by atoms with Crippen LogP contribution >= 0.6 is 22.9 Å². The molecule has 0 fully saturated rings. The number of thiazole rings is 1. The molecule has 0 aliphatic heterocycles. The van der Waals surface area contributed by atoms with Gasteiger partial charge in [-0.3, -0.25) is 9.59 Å². The van der Waals surface area contributed by atoms with Crippen molar-refractivity contribution in [3.63, 3.8) is 0 Å². The normalized spacial score (nSPS) is 10.6. The van der Waals surface area contributed by atoms with Crippen LogP contribution in [-0.2, 0) is 4.79 Å².